The fourth-order valence-electron chi connectivity index (χ4n) is 3.08. The molecule has 140 valence electrons. The number of hydrogen-bond acceptors (Lipinski definition) is 4. The maximum absolute atomic E-state index is 14.0. The van der Waals surface area contributed by atoms with Gasteiger partial charge in [0, 0.05) is 11.8 Å². The van der Waals surface area contributed by atoms with Crippen LogP contribution in [0.5, 0.6) is 5.75 Å². The molecule has 0 aliphatic rings. The van der Waals surface area contributed by atoms with E-state index in [1.807, 2.05) is 37.3 Å². The number of amidine groups is 1. The molecule has 0 amide bonds. The third kappa shape index (κ3) is 3.07. The molecule has 2 aromatic heterocycles. The number of aryl methyl sites for hydroxylation is 1. The van der Waals surface area contributed by atoms with Gasteiger partial charge < -0.3 is 10.5 Å². The van der Waals surface area contributed by atoms with Crippen molar-refractivity contribution in [2.24, 2.45) is 5.73 Å². The van der Waals surface area contributed by atoms with E-state index in [0.717, 1.165) is 5.69 Å². The number of nitrogens with two attached hydrogens (primary N) is 1. The Labute approximate surface area is 160 Å². The molecular weight excluding hydrogens is 357 g/mol. The number of fused-ring (bicyclic) bond motifs is 1. The molecule has 6 nitrogen and oxygen atoms in total. The summed E-state index contributed by atoms with van der Waals surface area (Å²) in [6.45, 7) is 1.84. The van der Waals surface area contributed by atoms with E-state index < -0.39 is 0 Å². The molecule has 4 rings (SSSR count). The number of nitrogens with zero attached hydrogens (tertiary/aromatic N) is 3. The van der Waals surface area contributed by atoms with Crippen LogP contribution in [-0.2, 0) is 6.61 Å². The van der Waals surface area contributed by atoms with Crippen molar-refractivity contribution < 1.29 is 9.13 Å². The number of aromatic nitrogens is 3. The van der Waals surface area contributed by atoms with Gasteiger partial charge in [0.15, 0.2) is 5.65 Å². The molecule has 2 aromatic carbocycles. The molecule has 2 heterocycles. The van der Waals surface area contributed by atoms with Crippen molar-refractivity contribution in [2.75, 3.05) is 0 Å². The van der Waals surface area contributed by atoms with Crippen molar-refractivity contribution in [1.82, 2.24) is 14.8 Å². The van der Waals surface area contributed by atoms with E-state index in [-0.39, 0.29) is 18.3 Å². The van der Waals surface area contributed by atoms with Gasteiger partial charge in [0.05, 0.1) is 22.3 Å². The summed E-state index contributed by atoms with van der Waals surface area (Å²) >= 11 is 0. The van der Waals surface area contributed by atoms with Gasteiger partial charge in [-0.15, -0.1) is 0 Å². The van der Waals surface area contributed by atoms with Gasteiger partial charge in [0.25, 0.3) is 0 Å². The Morgan fingerprint density at radius 1 is 1.14 bits per heavy atom. The Morgan fingerprint density at radius 3 is 2.57 bits per heavy atom. The second-order valence-corrected chi connectivity index (χ2v) is 6.33. The number of ether oxygens (including phenoxy) is 1. The summed E-state index contributed by atoms with van der Waals surface area (Å²) in [5.41, 5.74) is 8.60. The van der Waals surface area contributed by atoms with Crippen molar-refractivity contribution in [3.63, 3.8) is 0 Å². The van der Waals surface area contributed by atoms with E-state index in [1.165, 1.54) is 12.3 Å². The molecule has 0 atom stereocenters. The van der Waals surface area contributed by atoms with E-state index in [0.29, 0.717) is 33.6 Å². The number of hydrogen-bond donors (Lipinski definition) is 2. The number of halogens is 1. The molecular formula is C21H18FN5O. The fourth-order valence-corrected chi connectivity index (χ4v) is 3.08. The average Bonchev–Trinajstić information content (AvgIpc) is 3.04. The topological polar surface area (TPSA) is 89.8 Å². The summed E-state index contributed by atoms with van der Waals surface area (Å²) in [5.74, 6) is -0.154. The highest BCUT2D eigenvalue weighted by molar-refractivity contribution is 6.03. The van der Waals surface area contributed by atoms with E-state index in [2.05, 4.69) is 10.1 Å². The van der Waals surface area contributed by atoms with Gasteiger partial charge in [-0.1, -0.05) is 36.4 Å². The Kier molecular flexibility index (Phi) is 4.49. The highest BCUT2D eigenvalue weighted by atomic mass is 19.1. The molecule has 28 heavy (non-hydrogen) atoms. The van der Waals surface area contributed by atoms with Gasteiger partial charge in [-0.2, -0.15) is 5.10 Å². The van der Waals surface area contributed by atoms with Crippen molar-refractivity contribution in [3.8, 4) is 11.4 Å². The minimum Gasteiger partial charge on any atom is -0.487 e. The zero-order chi connectivity index (χ0) is 19.7. The molecule has 0 saturated carbocycles. The number of pyridine rings is 1. The highest BCUT2D eigenvalue weighted by Gasteiger charge is 2.20. The lowest BCUT2D eigenvalue weighted by Crippen LogP contribution is -2.14. The standard InChI is InChI=1S/C21H18FN5O/c1-13-18-19(28-12-14-7-5-6-10-17(14)22)16(20(23)24)11-25-21(18)27(26-13)15-8-3-2-4-9-15/h2-11H,12H2,1H3,(H3,23,24). The second-order valence-electron chi connectivity index (χ2n) is 6.33. The molecule has 0 unspecified atom stereocenters. The second kappa shape index (κ2) is 7.11. The number of rotatable bonds is 5. The van der Waals surface area contributed by atoms with E-state index >= 15 is 0 Å². The van der Waals surface area contributed by atoms with Crippen LogP contribution in [0.25, 0.3) is 16.7 Å². The van der Waals surface area contributed by atoms with E-state index in [9.17, 15) is 4.39 Å². The predicted octanol–water partition coefficient (Wildman–Crippen LogP) is 3.73. The smallest absolute Gasteiger partial charge is 0.166 e. The third-order valence-corrected chi connectivity index (χ3v) is 4.44. The number of nitrogens with one attached hydrogen (secondary N) is 1. The molecule has 0 aliphatic carbocycles. The van der Waals surface area contributed by atoms with Gasteiger partial charge in [0.1, 0.15) is 24.0 Å². The fraction of sp³-hybridized carbons (Fsp3) is 0.0952. The Balaban J connectivity index is 1.85. The Morgan fingerprint density at radius 2 is 1.86 bits per heavy atom. The molecule has 0 bridgehead atoms. The Hall–Kier alpha value is -3.74. The first-order valence-electron chi connectivity index (χ1n) is 8.70. The number of para-hydroxylation sites is 1. The first kappa shape index (κ1) is 17.7. The molecule has 0 saturated heterocycles. The lowest BCUT2D eigenvalue weighted by Gasteiger charge is -2.13. The quantitative estimate of drug-likeness (QED) is 0.411. The van der Waals surface area contributed by atoms with Gasteiger partial charge in [-0.3, -0.25) is 5.41 Å². The monoisotopic (exact) mass is 375 g/mol. The van der Waals surface area contributed by atoms with Crippen molar-refractivity contribution in [2.45, 2.75) is 13.5 Å². The maximum atomic E-state index is 14.0. The minimum atomic E-state index is -0.353. The van der Waals surface area contributed by atoms with Crippen LogP contribution in [0.4, 0.5) is 4.39 Å². The number of benzene rings is 2. The molecule has 0 fully saturated rings. The summed E-state index contributed by atoms with van der Waals surface area (Å²) in [6, 6.07) is 16.0. The third-order valence-electron chi connectivity index (χ3n) is 4.44. The first-order chi connectivity index (χ1) is 13.6. The summed E-state index contributed by atoms with van der Waals surface area (Å²) in [5, 5.41) is 13.1. The maximum Gasteiger partial charge on any atom is 0.166 e. The zero-order valence-corrected chi connectivity index (χ0v) is 15.2. The molecule has 7 heteroatoms. The SMILES string of the molecule is Cc1nn(-c2ccccc2)c2ncc(C(=N)N)c(OCc3ccccc3F)c12. The van der Waals surface area contributed by atoms with Gasteiger partial charge >= 0.3 is 0 Å². The van der Waals surface area contributed by atoms with Crippen LogP contribution in [0.1, 0.15) is 16.8 Å². The molecule has 0 aliphatic heterocycles. The lowest BCUT2D eigenvalue weighted by molar-refractivity contribution is 0.302. The molecule has 4 aromatic rings. The molecule has 0 spiro atoms. The van der Waals surface area contributed by atoms with Crippen LogP contribution in [0.2, 0.25) is 0 Å². The minimum absolute atomic E-state index is 0.00201. The summed E-state index contributed by atoms with van der Waals surface area (Å²) in [7, 11) is 0. The summed E-state index contributed by atoms with van der Waals surface area (Å²) < 4.78 is 21.7. The van der Waals surface area contributed by atoms with Gasteiger partial charge in [0.2, 0.25) is 0 Å². The van der Waals surface area contributed by atoms with Crippen molar-refractivity contribution in [3.05, 3.63) is 83.4 Å². The van der Waals surface area contributed by atoms with Gasteiger partial charge in [-0.05, 0) is 25.1 Å². The summed E-state index contributed by atoms with van der Waals surface area (Å²) in [4.78, 5) is 4.46. The van der Waals surface area contributed by atoms with Crippen molar-refractivity contribution in [1.29, 1.82) is 5.41 Å². The van der Waals surface area contributed by atoms with Crippen LogP contribution in [0, 0.1) is 18.2 Å². The molecule has 0 radical (unpaired) electrons. The average molecular weight is 375 g/mol. The Bertz CT molecular complexity index is 1170. The van der Waals surface area contributed by atoms with Crippen LogP contribution >= 0.6 is 0 Å². The summed E-state index contributed by atoms with van der Waals surface area (Å²) in [6.07, 6.45) is 1.49. The number of nitrogen functional groups attached to an aromatic ring is 1. The van der Waals surface area contributed by atoms with E-state index in [1.54, 1.807) is 22.9 Å². The van der Waals surface area contributed by atoms with E-state index in [4.69, 9.17) is 15.9 Å². The highest BCUT2D eigenvalue weighted by Crippen LogP contribution is 2.33. The normalized spacial score (nSPS) is 10.9. The lowest BCUT2D eigenvalue weighted by atomic mass is 10.1. The first-order valence-corrected chi connectivity index (χ1v) is 8.70. The van der Waals surface area contributed by atoms with Crippen LogP contribution in [0.15, 0.2) is 60.8 Å². The molecule has 3 N–H and O–H groups in total. The largest absolute Gasteiger partial charge is 0.487 e. The van der Waals surface area contributed by atoms with Crippen LogP contribution in [-0.4, -0.2) is 20.6 Å². The predicted molar refractivity (Wildman–Crippen MR) is 105 cm³/mol. The van der Waals surface area contributed by atoms with Crippen LogP contribution in [0.3, 0.4) is 0 Å². The van der Waals surface area contributed by atoms with Crippen molar-refractivity contribution >= 4 is 16.9 Å². The zero-order valence-electron chi connectivity index (χ0n) is 15.2. The van der Waals surface area contributed by atoms with Crippen LogP contribution < -0.4 is 10.5 Å². The van der Waals surface area contributed by atoms with Gasteiger partial charge in [-0.25, -0.2) is 14.1 Å².